The third-order valence-electron chi connectivity index (χ3n) is 3.15. The molecule has 0 aliphatic rings. The quantitative estimate of drug-likeness (QED) is 0.802. The third-order valence-corrected chi connectivity index (χ3v) is 4.16. The molecule has 3 aromatic rings. The molecule has 0 unspecified atom stereocenters. The van der Waals surface area contributed by atoms with Crippen LogP contribution in [0.5, 0.6) is 0 Å². The first-order chi connectivity index (χ1) is 10.2. The second kappa shape index (κ2) is 5.65. The highest BCUT2D eigenvalue weighted by Crippen LogP contribution is 2.29. The molecule has 0 fully saturated rings. The van der Waals surface area contributed by atoms with E-state index in [2.05, 4.69) is 40.7 Å². The molecule has 0 aliphatic heterocycles. The maximum absolute atomic E-state index is 4.71. The zero-order valence-corrected chi connectivity index (χ0v) is 13.1. The van der Waals surface area contributed by atoms with Gasteiger partial charge in [0, 0.05) is 31.4 Å². The highest BCUT2D eigenvalue weighted by Gasteiger charge is 2.12. The van der Waals surface area contributed by atoms with Crippen molar-refractivity contribution in [3.05, 3.63) is 35.5 Å². The Balaban J connectivity index is 2.12. The van der Waals surface area contributed by atoms with E-state index >= 15 is 0 Å². The van der Waals surface area contributed by atoms with Crippen molar-refractivity contribution >= 4 is 17.2 Å². The maximum atomic E-state index is 4.71. The van der Waals surface area contributed by atoms with Gasteiger partial charge < -0.3 is 5.32 Å². The molecule has 108 valence electrons. The van der Waals surface area contributed by atoms with Gasteiger partial charge in [0.2, 0.25) is 0 Å². The fraction of sp³-hybridized carbons (Fsp3) is 0.267. The number of hydrogen-bond acceptors (Lipinski definition) is 5. The topological polar surface area (TPSA) is 55.6 Å². The molecule has 0 bridgehead atoms. The Morgan fingerprint density at radius 3 is 2.81 bits per heavy atom. The molecule has 3 aromatic heterocycles. The van der Waals surface area contributed by atoms with Gasteiger partial charge in [-0.15, -0.1) is 11.3 Å². The molecule has 5 nitrogen and oxygen atoms in total. The van der Waals surface area contributed by atoms with Gasteiger partial charge >= 0.3 is 0 Å². The number of rotatable bonds is 4. The van der Waals surface area contributed by atoms with E-state index in [1.807, 2.05) is 25.5 Å². The van der Waals surface area contributed by atoms with E-state index in [4.69, 9.17) is 4.98 Å². The number of aromatic nitrogens is 4. The summed E-state index contributed by atoms with van der Waals surface area (Å²) in [5.41, 5.74) is 3.08. The molecular weight excluding hydrogens is 282 g/mol. The van der Waals surface area contributed by atoms with Gasteiger partial charge in [0.1, 0.15) is 5.82 Å². The zero-order valence-electron chi connectivity index (χ0n) is 12.3. The molecule has 6 heteroatoms. The van der Waals surface area contributed by atoms with E-state index in [0.29, 0.717) is 0 Å². The summed E-state index contributed by atoms with van der Waals surface area (Å²) in [6.07, 6.45) is 3.78. The van der Waals surface area contributed by atoms with Crippen molar-refractivity contribution in [2.75, 3.05) is 11.9 Å². The summed E-state index contributed by atoms with van der Waals surface area (Å²) in [7, 11) is 1.90. The Kier molecular flexibility index (Phi) is 3.70. The Labute approximate surface area is 127 Å². The van der Waals surface area contributed by atoms with Crippen LogP contribution in [0.4, 0.5) is 5.82 Å². The smallest absolute Gasteiger partial charge is 0.172 e. The summed E-state index contributed by atoms with van der Waals surface area (Å²) in [6, 6.07) is 4.06. The van der Waals surface area contributed by atoms with Crippen molar-refractivity contribution in [2.45, 2.75) is 13.8 Å². The summed E-state index contributed by atoms with van der Waals surface area (Å²) in [5.74, 6) is 1.61. The van der Waals surface area contributed by atoms with Crippen LogP contribution in [0.2, 0.25) is 0 Å². The number of aryl methyl sites for hydroxylation is 2. The van der Waals surface area contributed by atoms with Gasteiger partial charge in [-0.2, -0.15) is 5.10 Å². The summed E-state index contributed by atoms with van der Waals surface area (Å²) in [5, 5.41) is 9.56. The van der Waals surface area contributed by atoms with E-state index < -0.39 is 0 Å². The zero-order chi connectivity index (χ0) is 14.8. The van der Waals surface area contributed by atoms with Gasteiger partial charge in [0.15, 0.2) is 5.82 Å². The second-order valence-electron chi connectivity index (χ2n) is 4.83. The lowest BCUT2D eigenvalue weighted by Crippen LogP contribution is -2.02. The second-order valence-corrected chi connectivity index (χ2v) is 5.74. The molecule has 0 atom stereocenters. The van der Waals surface area contributed by atoms with E-state index in [9.17, 15) is 0 Å². The Bertz CT molecular complexity index is 759. The number of thiophene rings is 1. The lowest BCUT2D eigenvalue weighted by Gasteiger charge is -2.07. The van der Waals surface area contributed by atoms with Gasteiger partial charge in [0.05, 0.1) is 16.8 Å². The molecule has 3 rings (SSSR count). The summed E-state index contributed by atoms with van der Waals surface area (Å²) in [6.45, 7) is 4.97. The molecule has 0 aliphatic carbocycles. The molecule has 0 radical (unpaired) electrons. The van der Waals surface area contributed by atoms with Crippen molar-refractivity contribution in [2.24, 2.45) is 7.05 Å². The third kappa shape index (κ3) is 2.80. The van der Waals surface area contributed by atoms with Gasteiger partial charge in [0.25, 0.3) is 0 Å². The molecule has 0 saturated carbocycles. The Morgan fingerprint density at radius 1 is 1.33 bits per heavy atom. The van der Waals surface area contributed by atoms with Crippen LogP contribution >= 0.6 is 11.3 Å². The van der Waals surface area contributed by atoms with Gasteiger partial charge in [-0.3, -0.25) is 4.68 Å². The maximum Gasteiger partial charge on any atom is 0.172 e. The molecule has 0 spiro atoms. The number of anilines is 1. The Morgan fingerprint density at radius 2 is 2.19 bits per heavy atom. The summed E-state index contributed by atoms with van der Waals surface area (Å²) in [4.78, 5) is 10.4. The molecular formula is C15H17N5S. The van der Waals surface area contributed by atoms with Crippen LogP contribution in [0.3, 0.4) is 0 Å². The molecule has 3 heterocycles. The van der Waals surface area contributed by atoms with Crippen molar-refractivity contribution in [3.63, 3.8) is 0 Å². The predicted molar refractivity (Wildman–Crippen MR) is 86.4 cm³/mol. The lowest BCUT2D eigenvalue weighted by atomic mass is 10.2. The average molecular weight is 299 g/mol. The standard InChI is InChI=1S/C15H17N5S/c1-4-16-13-7-12(11-8-17-20(3)9-11)18-15(19-13)14-10(2)5-6-21-14/h5-9H,4H2,1-3H3,(H,16,18,19). The van der Waals surface area contributed by atoms with Crippen LogP contribution in [0.15, 0.2) is 29.9 Å². The minimum Gasteiger partial charge on any atom is -0.370 e. The van der Waals surface area contributed by atoms with Gasteiger partial charge in [-0.25, -0.2) is 9.97 Å². The largest absolute Gasteiger partial charge is 0.370 e. The first-order valence-corrected chi connectivity index (χ1v) is 7.71. The summed E-state index contributed by atoms with van der Waals surface area (Å²) < 4.78 is 1.78. The van der Waals surface area contributed by atoms with E-state index in [1.54, 1.807) is 16.0 Å². The van der Waals surface area contributed by atoms with Gasteiger partial charge in [-0.1, -0.05) is 0 Å². The molecule has 0 saturated heterocycles. The SMILES string of the molecule is CCNc1cc(-c2cnn(C)c2)nc(-c2sccc2C)n1. The molecule has 0 amide bonds. The predicted octanol–water partition coefficient (Wildman–Crippen LogP) is 3.35. The molecule has 21 heavy (non-hydrogen) atoms. The van der Waals surface area contributed by atoms with Crippen LogP contribution in [0.25, 0.3) is 22.0 Å². The fourth-order valence-electron chi connectivity index (χ4n) is 2.12. The highest BCUT2D eigenvalue weighted by atomic mass is 32.1. The average Bonchev–Trinajstić information content (AvgIpc) is 3.07. The van der Waals surface area contributed by atoms with Crippen LogP contribution in [-0.4, -0.2) is 26.3 Å². The number of hydrogen-bond donors (Lipinski definition) is 1. The Hall–Kier alpha value is -2.21. The minimum absolute atomic E-state index is 0.764. The summed E-state index contributed by atoms with van der Waals surface area (Å²) >= 11 is 1.66. The van der Waals surface area contributed by atoms with Crippen molar-refractivity contribution in [3.8, 4) is 22.0 Å². The van der Waals surface area contributed by atoms with Crippen LogP contribution in [0.1, 0.15) is 12.5 Å². The monoisotopic (exact) mass is 299 g/mol. The minimum atomic E-state index is 0.764. The van der Waals surface area contributed by atoms with E-state index in [-0.39, 0.29) is 0 Å². The fourth-order valence-corrected chi connectivity index (χ4v) is 2.98. The lowest BCUT2D eigenvalue weighted by molar-refractivity contribution is 0.768. The first-order valence-electron chi connectivity index (χ1n) is 6.84. The van der Waals surface area contributed by atoms with Crippen LogP contribution < -0.4 is 5.32 Å². The van der Waals surface area contributed by atoms with Crippen LogP contribution in [0, 0.1) is 6.92 Å². The highest BCUT2D eigenvalue weighted by molar-refractivity contribution is 7.13. The van der Waals surface area contributed by atoms with Crippen LogP contribution in [-0.2, 0) is 7.05 Å². The number of nitrogens with one attached hydrogen (secondary N) is 1. The number of nitrogens with zero attached hydrogens (tertiary/aromatic N) is 4. The molecule has 0 aromatic carbocycles. The van der Waals surface area contributed by atoms with Crippen molar-refractivity contribution in [1.29, 1.82) is 0 Å². The van der Waals surface area contributed by atoms with E-state index in [0.717, 1.165) is 34.3 Å². The molecule has 1 N–H and O–H groups in total. The normalized spacial score (nSPS) is 10.8. The van der Waals surface area contributed by atoms with Crippen molar-refractivity contribution in [1.82, 2.24) is 19.7 Å². The van der Waals surface area contributed by atoms with E-state index in [1.165, 1.54) is 5.56 Å². The van der Waals surface area contributed by atoms with Crippen molar-refractivity contribution < 1.29 is 0 Å². The first kappa shape index (κ1) is 13.8. The van der Waals surface area contributed by atoms with Gasteiger partial charge in [-0.05, 0) is 30.9 Å².